The largest absolute Gasteiger partial charge is 0.241 e. The predicted molar refractivity (Wildman–Crippen MR) is 71.7 cm³/mol. The van der Waals surface area contributed by atoms with Crippen LogP contribution in [0.1, 0.15) is 39.6 Å². The number of para-hydroxylation sites is 1. The molecule has 1 heterocycles. The molecule has 2 rings (SSSR count). The molecule has 0 bridgehead atoms. The van der Waals surface area contributed by atoms with E-state index in [4.69, 9.17) is 0 Å². The zero-order valence-corrected chi connectivity index (χ0v) is 11.2. The highest BCUT2D eigenvalue weighted by Gasteiger charge is 1.98. The molecule has 0 unspecified atom stereocenters. The number of aryl methyl sites for hydroxylation is 1. The number of benzene rings is 1. The van der Waals surface area contributed by atoms with Gasteiger partial charge in [-0.3, -0.25) is 0 Å². The maximum absolute atomic E-state index is 4.45. The summed E-state index contributed by atoms with van der Waals surface area (Å²) in [7, 11) is 0. The van der Waals surface area contributed by atoms with Gasteiger partial charge in [0.1, 0.15) is 0 Å². The van der Waals surface area contributed by atoms with E-state index >= 15 is 0 Å². The van der Waals surface area contributed by atoms with Gasteiger partial charge < -0.3 is 0 Å². The molecular weight excluding hydrogens is 202 g/mol. The molecule has 1 aromatic carbocycles. The van der Waals surface area contributed by atoms with Crippen LogP contribution < -0.4 is 0 Å². The second-order valence-electron chi connectivity index (χ2n) is 2.43. The van der Waals surface area contributed by atoms with E-state index < -0.39 is 0 Å². The molecule has 0 amide bonds. The highest BCUT2D eigenvalue weighted by atomic mass is 32.1. The molecular formula is C13H21NS. The average Bonchev–Trinajstić information content (AvgIpc) is 2.77. The summed E-state index contributed by atoms with van der Waals surface area (Å²) in [6.45, 7) is 10.1. The first-order valence-corrected chi connectivity index (χ1v) is 6.56. The maximum atomic E-state index is 4.45. The van der Waals surface area contributed by atoms with Crippen LogP contribution in [0, 0.1) is 0 Å². The minimum absolute atomic E-state index is 1.04. The average molecular weight is 223 g/mol. The number of hydrogen-bond donors (Lipinski definition) is 0. The summed E-state index contributed by atoms with van der Waals surface area (Å²) >= 11 is 1.79. The molecule has 1 nitrogen and oxygen atoms in total. The summed E-state index contributed by atoms with van der Waals surface area (Å²) in [6.07, 6.45) is 1.04. The molecule has 84 valence electrons. The minimum atomic E-state index is 1.04. The fraction of sp³-hybridized carbons (Fsp3) is 0.462. The van der Waals surface area contributed by atoms with Crippen molar-refractivity contribution in [3.63, 3.8) is 0 Å². The van der Waals surface area contributed by atoms with E-state index in [0.717, 1.165) is 11.9 Å². The number of rotatable bonds is 1. The molecule has 2 aromatic rings. The molecule has 0 aliphatic heterocycles. The lowest BCUT2D eigenvalue weighted by Gasteiger charge is -1.80. The molecule has 0 N–H and O–H groups in total. The van der Waals surface area contributed by atoms with Crippen molar-refractivity contribution in [3.05, 3.63) is 29.3 Å². The molecule has 1 aromatic heterocycles. The van der Waals surface area contributed by atoms with Crippen LogP contribution in [0.4, 0.5) is 0 Å². The van der Waals surface area contributed by atoms with Crippen molar-refractivity contribution in [2.75, 3.05) is 0 Å². The van der Waals surface area contributed by atoms with Crippen LogP contribution in [0.15, 0.2) is 24.3 Å². The SMILES string of the molecule is CC.CC.CCc1nc2ccccc2s1. The van der Waals surface area contributed by atoms with Crippen molar-refractivity contribution < 1.29 is 0 Å². The Kier molecular flexibility index (Phi) is 7.92. The summed E-state index contributed by atoms with van der Waals surface area (Å²) < 4.78 is 1.30. The minimum Gasteiger partial charge on any atom is -0.241 e. The van der Waals surface area contributed by atoms with Gasteiger partial charge in [-0.2, -0.15) is 0 Å². The Balaban J connectivity index is 0.000000442. The Hall–Kier alpha value is -0.890. The van der Waals surface area contributed by atoms with Gasteiger partial charge in [0.15, 0.2) is 0 Å². The molecule has 0 radical (unpaired) electrons. The van der Waals surface area contributed by atoms with Gasteiger partial charge >= 0.3 is 0 Å². The summed E-state index contributed by atoms with van der Waals surface area (Å²) in [5.41, 5.74) is 1.13. The van der Waals surface area contributed by atoms with Gasteiger partial charge in [0, 0.05) is 0 Å². The van der Waals surface area contributed by atoms with Crippen molar-refractivity contribution in [1.29, 1.82) is 0 Å². The highest BCUT2D eigenvalue weighted by molar-refractivity contribution is 7.18. The first-order valence-electron chi connectivity index (χ1n) is 5.74. The highest BCUT2D eigenvalue weighted by Crippen LogP contribution is 2.21. The van der Waals surface area contributed by atoms with Gasteiger partial charge in [0.2, 0.25) is 0 Å². The van der Waals surface area contributed by atoms with Crippen LogP contribution in [-0.4, -0.2) is 4.98 Å². The lowest BCUT2D eigenvalue weighted by Crippen LogP contribution is -1.73. The van der Waals surface area contributed by atoms with Gasteiger partial charge in [-0.1, -0.05) is 46.8 Å². The van der Waals surface area contributed by atoms with Crippen LogP contribution in [-0.2, 0) is 6.42 Å². The Bertz CT molecular complexity index is 332. The number of nitrogens with zero attached hydrogens (tertiary/aromatic N) is 1. The molecule has 0 aliphatic carbocycles. The topological polar surface area (TPSA) is 12.9 Å². The molecule has 0 spiro atoms. The zero-order valence-electron chi connectivity index (χ0n) is 10.4. The van der Waals surface area contributed by atoms with Crippen LogP contribution in [0.3, 0.4) is 0 Å². The third-order valence-corrected chi connectivity index (χ3v) is 2.82. The van der Waals surface area contributed by atoms with Crippen LogP contribution >= 0.6 is 11.3 Å². The Labute approximate surface area is 97.2 Å². The second kappa shape index (κ2) is 8.42. The second-order valence-corrected chi connectivity index (χ2v) is 3.54. The zero-order chi connectivity index (χ0) is 11.7. The van der Waals surface area contributed by atoms with Gasteiger partial charge in [0.25, 0.3) is 0 Å². The number of aromatic nitrogens is 1. The standard InChI is InChI=1S/C9H9NS.2C2H6/c1-2-9-10-7-5-3-4-6-8(7)11-9;2*1-2/h3-6H,2H2,1H3;2*1-2H3. The molecule has 0 saturated heterocycles. The smallest absolute Gasteiger partial charge is 0.0935 e. The third-order valence-electron chi connectivity index (χ3n) is 1.64. The lowest BCUT2D eigenvalue weighted by atomic mass is 10.3. The van der Waals surface area contributed by atoms with E-state index in [9.17, 15) is 0 Å². The summed E-state index contributed by atoms with van der Waals surface area (Å²) in [5.74, 6) is 0. The quantitative estimate of drug-likeness (QED) is 0.669. The van der Waals surface area contributed by atoms with E-state index in [0.29, 0.717) is 0 Å². The molecule has 2 heteroatoms. The lowest BCUT2D eigenvalue weighted by molar-refractivity contribution is 1.11. The number of thiazole rings is 1. The van der Waals surface area contributed by atoms with Gasteiger partial charge in [0.05, 0.1) is 15.2 Å². The summed E-state index contributed by atoms with van der Waals surface area (Å²) in [4.78, 5) is 4.45. The fourth-order valence-corrected chi connectivity index (χ4v) is 1.98. The summed E-state index contributed by atoms with van der Waals surface area (Å²) in [6, 6.07) is 8.26. The normalized spacial score (nSPS) is 8.60. The van der Waals surface area contributed by atoms with E-state index in [1.165, 1.54) is 9.71 Å². The number of fused-ring (bicyclic) bond motifs is 1. The third kappa shape index (κ3) is 4.00. The van der Waals surface area contributed by atoms with E-state index in [1.807, 2.05) is 33.8 Å². The van der Waals surface area contributed by atoms with Crippen molar-refractivity contribution in [1.82, 2.24) is 4.98 Å². The monoisotopic (exact) mass is 223 g/mol. The van der Waals surface area contributed by atoms with Crippen LogP contribution in [0.25, 0.3) is 10.2 Å². The van der Waals surface area contributed by atoms with Gasteiger partial charge in [-0.05, 0) is 18.6 Å². The molecule has 0 atom stereocenters. The Morgan fingerprint density at radius 1 is 1.07 bits per heavy atom. The molecule has 0 saturated carbocycles. The van der Waals surface area contributed by atoms with Gasteiger partial charge in [-0.15, -0.1) is 11.3 Å². The Morgan fingerprint density at radius 3 is 2.20 bits per heavy atom. The molecule has 15 heavy (non-hydrogen) atoms. The van der Waals surface area contributed by atoms with Crippen LogP contribution in [0.5, 0.6) is 0 Å². The first kappa shape index (κ1) is 14.1. The van der Waals surface area contributed by atoms with Crippen molar-refractivity contribution in [3.8, 4) is 0 Å². The summed E-state index contributed by atoms with van der Waals surface area (Å²) in [5, 5.41) is 1.23. The van der Waals surface area contributed by atoms with Crippen molar-refractivity contribution in [2.24, 2.45) is 0 Å². The van der Waals surface area contributed by atoms with Gasteiger partial charge in [-0.25, -0.2) is 4.98 Å². The fourth-order valence-electron chi connectivity index (χ4n) is 1.07. The van der Waals surface area contributed by atoms with E-state index in [1.54, 1.807) is 11.3 Å². The van der Waals surface area contributed by atoms with E-state index in [2.05, 4.69) is 30.1 Å². The maximum Gasteiger partial charge on any atom is 0.0935 e. The van der Waals surface area contributed by atoms with Crippen LogP contribution in [0.2, 0.25) is 0 Å². The number of hydrogen-bond acceptors (Lipinski definition) is 2. The van der Waals surface area contributed by atoms with Crippen molar-refractivity contribution >= 4 is 21.6 Å². The predicted octanol–water partition coefficient (Wildman–Crippen LogP) is 4.91. The molecule has 0 aliphatic rings. The van der Waals surface area contributed by atoms with E-state index in [-0.39, 0.29) is 0 Å². The molecule has 0 fully saturated rings. The van der Waals surface area contributed by atoms with Crippen molar-refractivity contribution in [2.45, 2.75) is 41.0 Å². The first-order chi connectivity index (χ1) is 7.40. The Morgan fingerprint density at radius 2 is 1.67 bits per heavy atom.